The standard InChI is InChI=1S/C15H26O5/c1-11(14-19-7-8-20-14)10-15(17)5-3-12(4-6-15)9-13(16)18-2/h11-12,14,17H,3-10H2,1-2H3. The fourth-order valence-electron chi connectivity index (χ4n) is 3.34. The monoisotopic (exact) mass is 286 g/mol. The van der Waals surface area contributed by atoms with Gasteiger partial charge in [-0.05, 0) is 38.0 Å². The third-order valence-electron chi connectivity index (χ3n) is 4.53. The second-order valence-corrected chi connectivity index (χ2v) is 6.24. The third kappa shape index (κ3) is 4.17. The number of hydrogen-bond donors (Lipinski definition) is 1. The van der Waals surface area contributed by atoms with E-state index in [9.17, 15) is 9.90 Å². The molecule has 2 rings (SSSR count). The van der Waals surface area contributed by atoms with E-state index in [1.807, 2.05) is 0 Å². The Kier molecular flexibility index (Phi) is 5.41. The molecule has 0 spiro atoms. The highest BCUT2D eigenvalue weighted by Gasteiger charge is 2.37. The second-order valence-electron chi connectivity index (χ2n) is 6.24. The Labute approximate surface area is 120 Å². The number of rotatable bonds is 5. The molecule has 0 aromatic carbocycles. The molecule has 0 aromatic heterocycles. The first kappa shape index (κ1) is 15.7. The Morgan fingerprint density at radius 2 is 1.95 bits per heavy atom. The average molecular weight is 286 g/mol. The Morgan fingerprint density at radius 1 is 1.35 bits per heavy atom. The summed E-state index contributed by atoms with van der Waals surface area (Å²) in [5.41, 5.74) is -0.638. The van der Waals surface area contributed by atoms with Gasteiger partial charge in [-0.15, -0.1) is 0 Å². The van der Waals surface area contributed by atoms with Crippen LogP contribution in [0.3, 0.4) is 0 Å². The molecule has 0 amide bonds. The van der Waals surface area contributed by atoms with Crippen LogP contribution < -0.4 is 0 Å². The maximum Gasteiger partial charge on any atom is 0.305 e. The Balaban J connectivity index is 1.77. The van der Waals surface area contributed by atoms with E-state index in [0.29, 0.717) is 32.0 Å². The first-order valence-electron chi connectivity index (χ1n) is 7.55. The summed E-state index contributed by atoms with van der Waals surface area (Å²) in [6, 6.07) is 0. The van der Waals surface area contributed by atoms with Gasteiger partial charge >= 0.3 is 5.97 Å². The topological polar surface area (TPSA) is 65.0 Å². The molecule has 0 bridgehead atoms. The quantitative estimate of drug-likeness (QED) is 0.782. The van der Waals surface area contributed by atoms with Gasteiger partial charge in [0.05, 0.1) is 25.9 Å². The molecule has 1 heterocycles. The highest BCUT2D eigenvalue weighted by molar-refractivity contribution is 5.69. The number of aliphatic hydroxyl groups is 1. The maximum atomic E-state index is 11.3. The van der Waals surface area contributed by atoms with Gasteiger partial charge in [-0.1, -0.05) is 6.92 Å². The number of methoxy groups -OCH3 is 1. The fourth-order valence-corrected chi connectivity index (χ4v) is 3.34. The van der Waals surface area contributed by atoms with E-state index in [2.05, 4.69) is 6.92 Å². The van der Waals surface area contributed by atoms with Crippen molar-refractivity contribution in [2.75, 3.05) is 20.3 Å². The van der Waals surface area contributed by atoms with Gasteiger partial charge in [-0.2, -0.15) is 0 Å². The van der Waals surface area contributed by atoms with E-state index in [0.717, 1.165) is 25.7 Å². The van der Waals surface area contributed by atoms with Gasteiger partial charge < -0.3 is 19.3 Å². The zero-order chi connectivity index (χ0) is 14.6. The van der Waals surface area contributed by atoms with Crippen molar-refractivity contribution in [3.8, 4) is 0 Å². The minimum Gasteiger partial charge on any atom is -0.469 e. The van der Waals surface area contributed by atoms with Crippen LogP contribution in [0.1, 0.15) is 45.4 Å². The number of hydrogen-bond acceptors (Lipinski definition) is 5. The van der Waals surface area contributed by atoms with Gasteiger partial charge in [0.1, 0.15) is 0 Å². The number of ether oxygens (including phenoxy) is 3. The first-order valence-corrected chi connectivity index (χ1v) is 7.55. The Morgan fingerprint density at radius 3 is 2.50 bits per heavy atom. The van der Waals surface area contributed by atoms with Gasteiger partial charge in [0.15, 0.2) is 6.29 Å². The van der Waals surface area contributed by atoms with E-state index in [1.54, 1.807) is 0 Å². The zero-order valence-electron chi connectivity index (χ0n) is 12.5. The largest absolute Gasteiger partial charge is 0.469 e. The summed E-state index contributed by atoms with van der Waals surface area (Å²) in [7, 11) is 1.42. The fraction of sp³-hybridized carbons (Fsp3) is 0.933. The molecule has 1 aliphatic carbocycles. The van der Waals surface area contributed by atoms with Crippen molar-refractivity contribution in [3.05, 3.63) is 0 Å². The smallest absolute Gasteiger partial charge is 0.305 e. The van der Waals surface area contributed by atoms with E-state index < -0.39 is 5.60 Å². The molecule has 1 atom stereocenters. The van der Waals surface area contributed by atoms with Gasteiger partial charge in [0.2, 0.25) is 0 Å². The van der Waals surface area contributed by atoms with Crippen LogP contribution in [0.2, 0.25) is 0 Å². The van der Waals surface area contributed by atoms with Crippen molar-refractivity contribution >= 4 is 5.97 Å². The molecule has 1 saturated heterocycles. The minimum absolute atomic E-state index is 0.151. The Hall–Kier alpha value is -0.650. The predicted molar refractivity (Wildman–Crippen MR) is 73.0 cm³/mol. The highest BCUT2D eigenvalue weighted by atomic mass is 16.7. The third-order valence-corrected chi connectivity index (χ3v) is 4.53. The molecular formula is C15H26O5. The summed E-state index contributed by atoms with van der Waals surface area (Å²) in [6.07, 6.45) is 4.23. The minimum atomic E-state index is -0.638. The van der Waals surface area contributed by atoms with Crippen LogP contribution in [0.25, 0.3) is 0 Å². The summed E-state index contributed by atoms with van der Waals surface area (Å²) in [5.74, 6) is 0.387. The van der Waals surface area contributed by atoms with Crippen LogP contribution in [-0.4, -0.2) is 43.3 Å². The molecule has 1 unspecified atom stereocenters. The van der Waals surface area contributed by atoms with Gasteiger partial charge in [0.25, 0.3) is 0 Å². The van der Waals surface area contributed by atoms with Crippen LogP contribution >= 0.6 is 0 Å². The summed E-state index contributed by atoms with van der Waals surface area (Å²) < 4.78 is 15.7. The molecule has 1 N–H and O–H groups in total. The second kappa shape index (κ2) is 6.87. The molecule has 116 valence electrons. The molecule has 5 heteroatoms. The molecule has 5 nitrogen and oxygen atoms in total. The molecule has 1 aliphatic heterocycles. The molecule has 0 aromatic rings. The van der Waals surface area contributed by atoms with E-state index in [4.69, 9.17) is 14.2 Å². The van der Waals surface area contributed by atoms with Crippen molar-refractivity contribution in [2.24, 2.45) is 11.8 Å². The van der Waals surface area contributed by atoms with Crippen LogP contribution in [0.5, 0.6) is 0 Å². The zero-order valence-corrected chi connectivity index (χ0v) is 12.5. The lowest BCUT2D eigenvalue weighted by Crippen LogP contribution is -2.38. The maximum absolute atomic E-state index is 11.3. The first-order chi connectivity index (χ1) is 9.52. The lowest BCUT2D eigenvalue weighted by molar-refractivity contribution is -0.143. The predicted octanol–water partition coefficient (Wildman–Crippen LogP) is 1.87. The van der Waals surface area contributed by atoms with Gasteiger partial charge in [0, 0.05) is 12.3 Å². The van der Waals surface area contributed by atoms with Crippen LogP contribution in [0.15, 0.2) is 0 Å². The average Bonchev–Trinajstić information content (AvgIpc) is 2.95. The summed E-state index contributed by atoms with van der Waals surface area (Å²) >= 11 is 0. The van der Waals surface area contributed by atoms with Crippen molar-refractivity contribution in [3.63, 3.8) is 0 Å². The summed E-state index contributed by atoms with van der Waals surface area (Å²) in [6.45, 7) is 3.36. The number of carbonyl (C=O) groups excluding carboxylic acids is 1. The summed E-state index contributed by atoms with van der Waals surface area (Å²) in [5, 5.41) is 10.7. The lowest BCUT2D eigenvalue weighted by atomic mass is 9.74. The number of esters is 1. The normalized spacial score (nSPS) is 33.0. The van der Waals surface area contributed by atoms with Crippen molar-refractivity contribution in [2.45, 2.75) is 57.3 Å². The van der Waals surface area contributed by atoms with Crippen molar-refractivity contribution in [1.29, 1.82) is 0 Å². The van der Waals surface area contributed by atoms with Crippen LogP contribution in [-0.2, 0) is 19.0 Å². The molecule has 2 fully saturated rings. The molecular weight excluding hydrogens is 260 g/mol. The summed E-state index contributed by atoms with van der Waals surface area (Å²) in [4.78, 5) is 11.3. The lowest BCUT2D eigenvalue weighted by Gasteiger charge is -2.38. The van der Waals surface area contributed by atoms with E-state index in [-0.39, 0.29) is 18.2 Å². The Bertz CT molecular complexity index is 316. The van der Waals surface area contributed by atoms with Crippen molar-refractivity contribution < 1.29 is 24.1 Å². The van der Waals surface area contributed by atoms with E-state index >= 15 is 0 Å². The molecule has 0 radical (unpaired) electrons. The molecule has 20 heavy (non-hydrogen) atoms. The number of carbonyl (C=O) groups is 1. The van der Waals surface area contributed by atoms with E-state index in [1.165, 1.54) is 7.11 Å². The molecule has 1 saturated carbocycles. The van der Waals surface area contributed by atoms with Crippen LogP contribution in [0, 0.1) is 11.8 Å². The van der Waals surface area contributed by atoms with Gasteiger partial charge in [-0.3, -0.25) is 4.79 Å². The van der Waals surface area contributed by atoms with Gasteiger partial charge in [-0.25, -0.2) is 0 Å². The molecule has 2 aliphatic rings. The van der Waals surface area contributed by atoms with Crippen molar-refractivity contribution in [1.82, 2.24) is 0 Å². The highest BCUT2D eigenvalue weighted by Crippen LogP contribution is 2.38. The van der Waals surface area contributed by atoms with Crippen LogP contribution in [0.4, 0.5) is 0 Å². The SMILES string of the molecule is COC(=O)CC1CCC(O)(CC(C)C2OCCO2)CC1.